The summed E-state index contributed by atoms with van der Waals surface area (Å²) in [6.07, 6.45) is 9.89. The van der Waals surface area contributed by atoms with Crippen LogP contribution >= 0.6 is 0 Å². The third kappa shape index (κ3) is 7.99. The normalized spacial score (nSPS) is 25.4. The molecule has 0 bridgehead atoms. The van der Waals surface area contributed by atoms with E-state index in [1.165, 1.54) is 4.90 Å². The highest BCUT2D eigenvalue weighted by atomic mass is 16.6. The Morgan fingerprint density at radius 1 is 0.731 bits per heavy atom. The molecule has 2 N–H and O–H groups in total. The summed E-state index contributed by atoms with van der Waals surface area (Å²) in [6, 6.07) is 37.0. The molecule has 5 aromatic carbocycles. The standard InChI is InChI=1S/C57H56N4O6/c1-38(41-21-11-6-12-22-41)58-56(66)60-47-34-29-40(28-27-39-19-9-5-10-20-39)37-46(47)57(55(60)65)48(53(63)59-35-17-3-2-4-18-36-59)50-54(64)67-51(43-25-15-8-16-26-43)49(42-23-13-7-14-24-42)61(50)52(57)44-30-32-45(62)33-31-44/h6-8,11-16,19,21-26,29-34,37-38,48-52,62H,2-5,9-10,17-18,20,35-36H2,1H3,(H,58,66). The summed E-state index contributed by atoms with van der Waals surface area (Å²) in [5.74, 6) is 3.90. The summed E-state index contributed by atoms with van der Waals surface area (Å²) in [6.45, 7) is 2.80. The Labute approximate surface area is 392 Å². The predicted octanol–water partition coefficient (Wildman–Crippen LogP) is 10.2. The van der Waals surface area contributed by atoms with Gasteiger partial charge in [-0.15, -0.1) is 0 Å². The highest BCUT2D eigenvalue weighted by Crippen LogP contribution is 2.66. The van der Waals surface area contributed by atoms with Crippen LogP contribution < -0.4 is 10.2 Å². The number of rotatable bonds is 6. The number of imide groups is 1. The van der Waals surface area contributed by atoms with Gasteiger partial charge in [-0.2, -0.15) is 0 Å². The van der Waals surface area contributed by atoms with Crippen molar-refractivity contribution in [2.75, 3.05) is 18.0 Å². The number of hydrogen-bond donors (Lipinski definition) is 2. The van der Waals surface area contributed by atoms with Gasteiger partial charge in [0.15, 0.2) is 0 Å². The molecule has 340 valence electrons. The molecule has 0 aromatic heterocycles. The second-order valence-corrected chi connectivity index (χ2v) is 18.6. The molecule has 5 aromatic rings. The Morgan fingerprint density at radius 3 is 2.06 bits per heavy atom. The maximum atomic E-state index is 16.7. The lowest BCUT2D eigenvalue weighted by Crippen LogP contribution is -2.57. The number of phenols is 1. The number of nitrogens with one attached hydrogen (secondary N) is 1. The Hall–Kier alpha value is -6.96. The number of amides is 4. The molecule has 4 aliphatic heterocycles. The van der Waals surface area contributed by atoms with Crippen molar-refractivity contribution >= 4 is 29.5 Å². The molecular weight excluding hydrogens is 837 g/mol. The van der Waals surface area contributed by atoms with Gasteiger partial charge in [0.05, 0.1) is 29.7 Å². The molecule has 0 saturated carbocycles. The van der Waals surface area contributed by atoms with Gasteiger partial charge < -0.3 is 20.1 Å². The molecule has 1 spiro atoms. The number of anilines is 1. The number of aromatic hydroxyl groups is 1. The minimum Gasteiger partial charge on any atom is -0.508 e. The summed E-state index contributed by atoms with van der Waals surface area (Å²) in [5, 5.41) is 13.9. The number of esters is 1. The van der Waals surface area contributed by atoms with Crippen LogP contribution in [0, 0.1) is 17.8 Å². The SMILES string of the molecule is CC(NC(=O)N1C(=O)C2(c3cc(C#CC4=CCCCC4)ccc31)C(C(=O)N1CCCCCCC1)C1C(=O)OC(c3ccccc3)C(c3ccccc3)N1C2c1ccc(O)cc1)c1ccccc1. The smallest absolute Gasteiger partial charge is 0.329 e. The van der Waals surface area contributed by atoms with Crippen LogP contribution in [0.1, 0.15) is 122 Å². The van der Waals surface area contributed by atoms with Crippen LogP contribution in [0.25, 0.3) is 0 Å². The zero-order chi connectivity index (χ0) is 46.1. The van der Waals surface area contributed by atoms with Crippen LogP contribution in [0.4, 0.5) is 10.5 Å². The van der Waals surface area contributed by atoms with Gasteiger partial charge in [0.25, 0.3) is 0 Å². The highest BCUT2D eigenvalue weighted by Gasteiger charge is 2.76. The van der Waals surface area contributed by atoms with Crippen LogP contribution in [0.2, 0.25) is 0 Å². The fourth-order valence-electron chi connectivity index (χ4n) is 11.5. The lowest BCUT2D eigenvalue weighted by Gasteiger charge is -2.46. The van der Waals surface area contributed by atoms with Crippen molar-refractivity contribution in [3.63, 3.8) is 0 Å². The van der Waals surface area contributed by atoms with E-state index in [1.807, 2.05) is 115 Å². The first kappa shape index (κ1) is 43.9. The summed E-state index contributed by atoms with van der Waals surface area (Å²) < 4.78 is 6.68. The monoisotopic (exact) mass is 892 g/mol. The van der Waals surface area contributed by atoms with Gasteiger partial charge in [-0.1, -0.05) is 140 Å². The molecule has 7 unspecified atom stereocenters. The number of ether oxygens (including phenoxy) is 1. The van der Waals surface area contributed by atoms with Gasteiger partial charge in [-0.05, 0) is 109 Å². The first-order valence-electron chi connectivity index (χ1n) is 24.0. The van der Waals surface area contributed by atoms with Gasteiger partial charge >= 0.3 is 12.0 Å². The average molecular weight is 893 g/mol. The summed E-state index contributed by atoms with van der Waals surface area (Å²) >= 11 is 0. The minimum absolute atomic E-state index is 0.0176. The maximum absolute atomic E-state index is 16.7. The Bertz CT molecular complexity index is 2740. The van der Waals surface area contributed by atoms with Crippen LogP contribution in [0.3, 0.4) is 0 Å². The van der Waals surface area contributed by atoms with Crippen LogP contribution in [-0.4, -0.2) is 57.9 Å². The molecule has 4 amide bonds. The Morgan fingerprint density at radius 2 is 1.39 bits per heavy atom. The number of benzene rings is 5. The van der Waals surface area contributed by atoms with Crippen molar-refractivity contribution in [2.24, 2.45) is 5.92 Å². The number of cyclic esters (lactones) is 1. The fraction of sp³-hybridized carbons (Fsp3) is 0.333. The molecule has 5 aliphatic rings. The third-order valence-corrected chi connectivity index (χ3v) is 14.6. The molecule has 67 heavy (non-hydrogen) atoms. The zero-order valence-electron chi connectivity index (χ0n) is 37.9. The van der Waals surface area contributed by atoms with Crippen LogP contribution in [0.15, 0.2) is 145 Å². The van der Waals surface area contributed by atoms with Gasteiger partial charge in [0.2, 0.25) is 11.8 Å². The van der Waals surface area contributed by atoms with Crippen LogP contribution in [-0.2, 0) is 24.5 Å². The van der Waals surface area contributed by atoms with Gasteiger partial charge in [-0.3, -0.25) is 19.3 Å². The molecule has 10 heteroatoms. The Kier molecular flexibility index (Phi) is 12.3. The van der Waals surface area contributed by atoms with E-state index in [9.17, 15) is 5.11 Å². The number of nitrogens with zero attached hydrogens (tertiary/aromatic N) is 3. The molecule has 1 aliphatic carbocycles. The number of morpholine rings is 1. The maximum Gasteiger partial charge on any atom is 0.329 e. The zero-order valence-corrected chi connectivity index (χ0v) is 37.9. The van der Waals surface area contributed by atoms with E-state index in [-0.39, 0.29) is 11.7 Å². The lowest BCUT2D eigenvalue weighted by molar-refractivity contribution is -0.179. The molecule has 0 radical (unpaired) electrons. The van der Waals surface area contributed by atoms with Crippen molar-refractivity contribution in [3.05, 3.63) is 178 Å². The van der Waals surface area contributed by atoms with Crippen molar-refractivity contribution in [1.29, 1.82) is 0 Å². The lowest BCUT2D eigenvalue weighted by atomic mass is 9.64. The third-order valence-electron chi connectivity index (χ3n) is 14.6. The number of carbonyl (C=O) groups is 4. The number of allylic oxidation sites excluding steroid dienone is 2. The summed E-state index contributed by atoms with van der Waals surface area (Å²) in [7, 11) is 0. The van der Waals surface area contributed by atoms with Gasteiger partial charge in [0, 0.05) is 18.7 Å². The van der Waals surface area contributed by atoms with E-state index < -0.39 is 59.5 Å². The summed E-state index contributed by atoms with van der Waals surface area (Å²) in [5.41, 5.74) is 3.58. The topological polar surface area (TPSA) is 119 Å². The van der Waals surface area contributed by atoms with Crippen LogP contribution in [0.5, 0.6) is 5.75 Å². The largest absolute Gasteiger partial charge is 0.508 e. The number of urea groups is 1. The van der Waals surface area contributed by atoms with Crippen molar-refractivity contribution in [2.45, 2.75) is 100 Å². The van der Waals surface area contributed by atoms with Gasteiger partial charge in [-0.25, -0.2) is 9.69 Å². The first-order chi connectivity index (χ1) is 32.8. The molecule has 4 heterocycles. The van der Waals surface area contributed by atoms with E-state index in [4.69, 9.17) is 4.74 Å². The van der Waals surface area contributed by atoms with Crippen molar-refractivity contribution in [1.82, 2.24) is 15.1 Å². The number of hydrogen-bond acceptors (Lipinski definition) is 7. The fourth-order valence-corrected chi connectivity index (χ4v) is 11.5. The molecule has 3 fully saturated rings. The number of phenolic OH excluding ortho intramolecular Hbond substituents is 1. The minimum atomic E-state index is -1.89. The number of carbonyl (C=O) groups excluding carboxylic acids is 4. The van der Waals surface area contributed by atoms with E-state index >= 15 is 19.2 Å². The second kappa shape index (κ2) is 18.7. The highest BCUT2D eigenvalue weighted by molar-refractivity contribution is 6.24. The van der Waals surface area contributed by atoms with Crippen molar-refractivity contribution in [3.8, 4) is 17.6 Å². The number of fused-ring (bicyclic) bond motifs is 3. The molecule has 3 saturated heterocycles. The van der Waals surface area contributed by atoms with E-state index in [0.717, 1.165) is 80.1 Å². The molecule has 7 atom stereocenters. The first-order valence-corrected chi connectivity index (χ1v) is 24.0. The number of likely N-dealkylation sites (tertiary alicyclic amines) is 1. The second-order valence-electron chi connectivity index (χ2n) is 18.6. The van der Waals surface area contributed by atoms with E-state index in [2.05, 4.69) is 28.1 Å². The predicted molar refractivity (Wildman–Crippen MR) is 257 cm³/mol. The quantitative estimate of drug-likeness (QED) is 0.129. The summed E-state index contributed by atoms with van der Waals surface area (Å²) in [4.78, 5) is 68.7. The molecular formula is C57H56N4O6. The van der Waals surface area contributed by atoms with Crippen molar-refractivity contribution < 1.29 is 29.0 Å². The van der Waals surface area contributed by atoms with Gasteiger partial charge in [0.1, 0.15) is 23.3 Å². The molecule has 10 rings (SSSR count). The van der Waals surface area contributed by atoms with E-state index in [1.54, 1.807) is 30.3 Å². The molecule has 10 nitrogen and oxygen atoms in total. The van der Waals surface area contributed by atoms with E-state index in [0.29, 0.717) is 35.5 Å². The average Bonchev–Trinajstić information content (AvgIpc) is 3.80. The Balaban J connectivity index is 1.26.